The molecule has 0 radical (unpaired) electrons. The summed E-state index contributed by atoms with van der Waals surface area (Å²) in [6.07, 6.45) is 0.640. The Labute approximate surface area is 170 Å². The van der Waals surface area contributed by atoms with Crippen molar-refractivity contribution in [3.63, 3.8) is 0 Å². The number of hydrogen-bond acceptors (Lipinski definition) is 3. The monoisotopic (exact) mass is 428 g/mol. The Morgan fingerprint density at radius 2 is 1.67 bits per heavy atom. The highest BCUT2D eigenvalue weighted by Crippen LogP contribution is 2.19. The average molecular weight is 429 g/mol. The molecular weight excluding hydrogens is 407 g/mol. The van der Waals surface area contributed by atoms with Crippen LogP contribution in [-0.2, 0) is 21.2 Å². The first kappa shape index (κ1) is 21.7. The first-order valence-corrected chi connectivity index (χ1v) is 10.7. The zero-order valence-electron chi connectivity index (χ0n) is 15.2. The number of rotatable bonds is 8. The summed E-state index contributed by atoms with van der Waals surface area (Å²) in [7, 11) is -3.64. The molecule has 0 saturated carbocycles. The number of carbonyl (C=O) groups is 1. The summed E-state index contributed by atoms with van der Waals surface area (Å²) in [5.74, 6) is -0.230. The van der Waals surface area contributed by atoms with Crippen LogP contribution in [0.5, 0.6) is 0 Å². The van der Waals surface area contributed by atoms with Gasteiger partial charge in [-0.1, -0.05) is 35.3 Å². The minimum atomic E-state index is -3.64. The van der Waals surface area contributed by atoms with Crippen molar-refractivity contribution in [2.45, 2.75) is 31.6 Å². The molecule has 0 saturated heterocycles. The molecule has 5 nitrogen and oxygen atoms in total. The molecular formula is C19H22Cl2N2O3S. The van der Waals surface area contributed by atoms with Crippen molar-refractivity contribution in [1.82, 2.24) is 10.0 Å². The molecule has 0 aliphatic carbocycles. The number of sulfonamides is 1. The van der Waals surface area contributed by atoms with Gasteiger partial charge < -0.3 is 5.32 Å². The van der Waals surface area contributed by atoms with Gasteiger partial charge in [-0.05, 0) is 61.2 Å². The topological polar surface area (TPSA) is 75.3 Å². The zero-order chi connectivity index (χ0) is 20.0. The second-order valence-corrected chi connectivity index (χ2v) is 8.90. The molecule has 0 aromatic heterocycles. The lowest BCUT2D eigenvalue weighted by molar-refractivity contribution is -0.120. The van der Waals surface area contributed by atoms with Crippen LogP contribution in [0.1, 0.15) is 23.1 Å². The normalized spacial score (nSPS) is 11.4. The summed E-state index contributed by atoms with van der Waals surface area (Å²) in [6.45, 7) is 4.02. The molecule has 0 aliphatic rings. The van der Waals surface area contributed by atoms with Crippen molar-refractivity contribution < 1.29 is 13.2 Å². The van der Waals surface area contributed by atoms with E-state index in [1.807, 2.05) is 13.0 Å². The maximum atomic E-state index is 12.4. The van der Waals surface area contributed by atoms with Gasteiger partial charge in [0.1, 0.15) is 0 Å². The van der Waals surface area contributed by atoms with Crippen LogP contribution in [0.3, 0.4) is 0 Å². The van der Waals surface area contributed by atoms with Gasteiger partial charge in [-0.15, -0.1) is 0 Å². The molecule has 0 heterocycles. The fourth-order valence-electron chi connectivity index (χ4n) is 2.56. The fourth-order valence-corrected chi connectivity index (χ4v) is 4.49. The smallest absolute Gasteiger partial charge is 0.240 e. The maximum absolute atomic E-state index is 12.4. The number of hydrogen-bond donors (Lipinski definition) is 2. The van der Waals surface area contributed by atoms with Gasteiger partial charge in [0.05, 0.1) is 4.90 Å². The van der Waals surface area contributed by atoms with Crippen molar-refractivity contribution >= 4 is 39.1 Å². The maximum Gasteiger partial charge on any atom is 0.240 e. The van der Waals surface area contributed by atoms with E-state index in [1.54, 1.807) is 37.3 Å². The number of amides is 1. The molecule has 27 heavy (non-hydrogen) atoms. The molecule has 8 heteroatoms. The lowest BCUT2D eigenvalue weighted by atomic mass is 10.1. The van der Waals surface area contributed by atoms with Crippen LogP contribution in [0.15, 0.2) is 41.3 Å². The average Bonchev–Trinajstić information content (AvgIpc) is 2.56. The quantitative estimate of drug-likeness (QED) is 0.673. The van der Waals surface area contributed by atoms with Gasteiger partial charge >= 0.3 is 0 Å². The summed E-state index contributed by atoms with van der Waals surface area (Å²) in [6, 6.07) is 10.5. The van der Waals surface area contributed by atoms with Gasteiger partial charge in [-0.25, -0.2) is 13.1 Å². The third-order valence-electron chi connectivity index (χ3n) is 3.94. The highest BCUT2D eigenvalue weighted by molar-refractivity contribution is 7.89. The molecule has 2 rings (SSSR count). The molecule has 0 unspecified atom stereocenters. The van der Waals surface area contributed by atoms with Crippen LogP contribution in [0, 0.1) is 13.8 Å². The molecule has 1 amide bonds. The minimum Gasteiger partial charge on any atom is -0.356 e. The van der Waals surface area contributed by atoms with Crippen molar-refractivity contribution in [3.05, 3.63) is 63.1 Å². The third kappa shape index (κ3) is 6.81. The fraction of sp³-hybridized carbons (Fsp3) is 0.316. The lowest BCUT2D eigenvalue weighted by Gasteiger charge is -2.10. The molecule has 0 fully saturated rings. The summed E-state index contributed by atoms with van der Waals surface area (Å²) in [5, 5.41) is 3.85. The largest absolute Gasteiger partial charge is 0.356 e. The Morgan fingerprint density at radius 1 is 1.00 bits per heavy atom. The van der Waals surface area contributed by atoms with Crippen LogP contribution in [0.4, 0.5) is 0 Å². The van der Waals surface area contributed by atoms with Crippen LogP contribution in [0.2, 0.25) is 10.0 Å². The Hall–Kier alpha value is -1.60. The summed E-state index contributed by atoms with van der Waals surface area (Å²) < 4.78 is 27.2. The van der Waals surface area contributed by atoms with Crippen LogP contribution >= 0.6 is 23.2 Å². The predicted molar refractivity (Wildman–Crippen MR) is 109 cm³/mol. The van der Waals surface area contributed by atoms with Gasteiger partial charge in [0.15, 0.2) is 0 Å². The molecule has 146 valence electrons. The van der Waals surface area contributed by atoms with E-state index in [-0.39, 0.29) is 23.8 Å². The van der Waals surface area contributed by atoms with E-state index in [9.17, 15) is 13.2 Å². The molecule has 2 aromatic rings. The number of nitrogens with one attached hydrogen (secondary N) is 2. The highest BCUT2D eigenvalue weighted by atomic mass is 35.5. The van der Waals surface area contributed by atoms with Crippen LogP contribution in [-0.4, -0.2) is 27.4 Å². The van der Waals surface area contributed by atoms with Gasteiger partial charge in [0.25, 0.3) is 0 Å². The van der Waals surface area contributed by atoms with Gasteiger partial charge in [-0.3, -0.25) is 4.79 Å². The Kier molecular flexibility index (Phi) is 7.68. The van der Waals surface area contributed by atoms with Crippen LogP contribution < -0.4 is 10.0 Å². The standard InChI is InChI=1S/C19H22Cl2N2O3S/c1-13-3-4-14(2)18(9-13)27(25,26)23-8-6-19(24)22-7-5-15-10-16(20)12-17(21)11-15/h3-4,9-12,23H,5-8H2,1-2H3,(H,22,24). The molecule has 2 N–H and O–H groups in total. The Balaban J connectivity index is 1.79. The zero-order valence-corrected chi connectivity index (χ0v) is 17.5. The van der Waals surface area contributed by atoms with E-state index < -0.39 is 10.0 Å². The van der Waals surface area contributed by atoms with E-state index in [0.717, 1.165) is 11.1 Å². The molecule has 0 bridgehead atoms. The molecule has 0 aliphatic heterocycles. The SMILES string of the molecule is Cc1ccc(C)c(S(=O)(=O)NCCC(=O)NCCc2cc(Cl)cc(Cl)c2)c1. The minimum absolute atomic E-state index is 0.0323. The lowest BCUT2D eigenvalue weighted by Crippen LogP contribution is -2.32. The second kappa shape index (κ2) is 9.55. The van der Waals surface area contributed by atoms with Crippen molar-refractivity contribution in [2.24, 2.45) is 0 Å². The summed E-state index contributed by atoms with van der Waals surface area (Å²) in [5.41, 5.74) is 2.45. The first-order valence-electron chi connectivity index (χ1n) is 8.46. The Morgan fingerprint density at radius 3 is 2.33 bits per heavy atom. The highest BCUT2D eigenvalue weighted by Gasteiger charge is 2.16. The van der Waals surface area contributed by atoms with E-state index in [4.69, 9.17) is 23.2 Å². The van der Waals surface area contributed by atoms with Gasteiger partial charge in [-0.2, -0.15) is 0 Å². The van der Waals surface area contributed by atoms with Crippen molar-refractivity contribution in [2.75, 3.05) is 13.1 Å². The van der Waals surface area contributed by atoms with E-state index in [2.05, 4.69) is 10.0 Å². The number of halogens is 2. The molecule has 2 aromatic carbocycles. The summed E-state index contributed by atoms with van der Waals surface area (Å²) >= 11 is 11.9. The van der Waals surface area contributed by atoms with Gasteiger partial charge in [0, 0.05) is 29.6 Å². The van der Waals surface area contributed by atoms with Gasteiger partial charge in [0.2, 0.25) is 15.9 Å². The second-order valence-electron chi connectivity index (χ2n) is 6.29. The summed E-state index contributed by atoms with van der Waals surface area (Å²) in [4.78, 5) is 12.1. The van der Waals surface area contributed by atoms with E-state index >= 15 is 0 Å². The van der Waals surface area contributed by atoms with Crippen molar-refractivity contribution in [3.8, 4) is 0 Å². The first-order chi connectivity index (χ1) is 12.7. The number of benzene rings is 2. The molecule has 0 spiro atoms. The molecule has 0 atom stereocenters. The number of aryl methyl sites for hydroxylation is 2. The Bertz CT molecular complexity index is 910. The van der Waals surface area contributed by atoms with Crippen molar-refractivity contribution in [1.29, 1.82) is 0 Å². The van der Waals surface area contributed by atoms with E-state index in [1.165, 1.54) is 0 Å². The number of carbonyl (C=O) groups excluding carboxylic acids is 1. The predicted octanol–water partition coefficient (Wildman–Crippen LogP) is 3.64. The third-order valence-corrected chi connectivity index (χ3v) is 5.97. The van der Waals surface area contributed by atoms with Crippen LogP contribution in [0.25, 0.3) is 0 Å². The van der Waals surface area contributed by atoms with E-state index in [0.29, 0.717) is 28.6 Å².